The van der Waals surface area contributed by atoms with Crippen molar-refractivity contribution in [2.75, 3.05) is 7.11 Å². The van der Waals surface area contributed by atoms with Crippen molar-refractivity contribution in [1.29, 1.82) is 0 Å². The first-order valence-corrected chi connectivity index (χ1v) is 12.0. The molecule has 0 aliphatic heterocycles. The van der Waals surface area contributed by atoms with E-state index >= 15 is 0 Å². The number of H-pyrrole nitrogens is 1. The molecule has 0 aliphatic rings. The van der Waals surface area contributed by atoms with Gasteiger partial charge in [0.15, 0.2) is 0 Å². The van der Waals surface area contributed by atoms with Gasteiger partial charge in [0.1, 0.15) is 11.6 Å². The Kier molecular flexibility index (Phi) is 7.93. The lowest BCUT2D eigenvalue weighted by atomic mass is 10.1. The minimum absolute atomic E-state index is 0.314. The first kappa shape index (κ1) is 27.0. The second-order valence-electron chi connectivity index (χ2n) is 9.35. The fourth-order valence-corrected chi connectivity index (χ4v) is 4.24. The monoisotopic (exact) mass is 556 g/mol. The average Bonchev–Trinajstić information content (AvgIpc) is 3.36. The molecule has 0 fully saturated rings. The molecule has 4 aromatic rings. The summed E-state index contributed by atoms with van der Waals surface area (Å²) in [7, 11) is 1.35. The van der Waals surface area contributed by atoms with E-state index < -0.39 is 23.6 Å². The highest BCUT2D eigenvalue weighted by molar-refractivity contribution is 9.10. The van der Waals surface area contributed by atoms with Gasteiger partial charge in [-0.2, -0.15) is 0 Å². The van der Waals surface area contributed by atoms with Crippen molar-refractivity contribution in [2.45, 2.75) is 46.3 Å². The summed E-state index contributed by atoms with van der Waals surface area (Å²) in [4.78, 5) is 37.7. The van der Waals surface area contributed by atoms with Crippen LogP contribution in [-0.4, -0.2) is 45.3 Å². The maximum Gasteiger partial charge on any atom is 0.338 e. The Morgan fingerprint density at radius 1 is 1.06 bits per heavy atom. The standard InChI is InChI=1S/C17H20BrNO4.C10H9NO2/c1-10(15(20)22-5)19-9-13(18)12-7-6-11(8-14(12)19)16(21)23-17(2,3)4;1-6-5-11-9-4-7(10(12)13)2-3-8(6)9/h6-10H,1-5H3;2-5,11H,1H3,(H,12,13). The predicted octanol–water partition coefficient (Wildman–Crippen LogP) is 6.27. The number of carboxylic acid groups (broad SMARTS) is 1. The van der Waals surface area contributed by atoms with Crippen molar-refractivity contribution in [2.24, 2.45) is 0 Å². The van der Waals surface area contributed by atoms with Crippen molar-refractivity contribution < 1.29 is 29.0 Å². The highest BCUT2D eigenvalue weighted by Gasteiger charge is 2.22. The lowest BCUT2D eigenvalue weighted by Gasteiger charge is -2.19. The van der Waals surface area contributed by atoms with Crippen LogP contribution in [0.5, 0.6) is 0 Å². The molecule has 1 atom stereocenters. The summed E-state index contributed by atoms with van der Waals surface area (Å²) in [6, 6.07) is 9.87. The molecule has 2 aromatic carbocycles. The predicted molar refractivity (Wildman–Crippen MR) is 142 cm³/mol. The molecule has 8 nitrogen and oxygen atoms in total. The number of fused-ring (bicyclic) bond motifs is 2. The van der Waals surface area contributed by atoms with Crippen LogP contribution >= 0.6 is 15.9 Å². The first-order chi connectivity index (χ1) is 16.8. The number of nitrogens with one attached hydrogen (secondary N) is 1. The van der Waals surface area contributed by atoms with Gasteiger partial charge in [0.2, 0.25) is 0 Å². The number of nitrogens with zero attached hydrogens (tertiary/aromatic N) is 1. The molecule has 0 saturated heterocycles. The van der Waals surface area contributed by atoms with Gasteiger partial charge >= 0.3 is 17.9 Å². The van der Waals surface area contributed by atoms with Crippen LogP contribution in [0.2, 0.25) is 0 Å². The van der Waals surface area contributed by atoms with Crippen molar-refractivity contribution in [3.8, 4) is 0 Å². The molecule has 36 heavy (non-hydrogen) atoms. The lowest BCUT2D eigenvalue weighted by molar-refractivity contribution is -0.143. The number of benzene rings is 2. The van der Waals surface area contributed by atoms with Crippen LogP contribution in [0, 0.1) is 6.92 Å². The Bertz CT molecular complexity index is 1440. The van der Waals surface area contributed by atoms with Crippen molar-refractivity contribution in [3.05, 3.63) is 70.0 Å². The van der Waals surface area contributed by atoms with Crippen LogP contribution in [0.1, 0.15) is 60.0 Å². The van der Waals surface area contributed by atoms with E-state index in [0.29, 0.717) is 11.1 Å². The number of aromatic nitrogens is 2. The van der Waals surface area contributed by atoms with E-state index in [1.807, 2.05) is 52.2 Å². The van der Waals surface area contributed by atoms with Crippen LogP contribution < -0.4 is 0 Å². The summed E-state index contributed by atoms with van der Waals surface area (Å²) in [5.74, 6) is -1.64. The molecule has 190 valence electrons. The summed E-state index contributed by atoms with van der Waals surface area (Å²) in [5.41, 5.74) is 2.96. The van der Waals surface area contributed by atoms with Crippen LogP contribution in [-0.2, 0) is 14.3 Å². The second-order valence-corrected chi connectivity index (χ2v) is 10.2. The van der Waals surface area contributed by atoms with Crippen LogP contribution in [0.25, 0.3) is 21.8 Å². The zero-order chi connectivity index (χ0) is 26.8. The SMILES string of the molecule is COC(=O)C(C)n1cc(Br)c2ccc(C(=O)OC(C)(C)C)cc21.Cc1c[nH]c2cc(C(=O)O)ccc12. The van der Waals surface area contributed by atoms with Crippen LogP contribution in [0.4, 0.5) is 0 Å². The summed E-state index contributed by atoms with van der Waals surface area (Å²) in [5, 5.41) is 10.7. The fraction of sp³-hybridized carbons (Fsp3) is 0.296. The molecule has 2 N–H and O–H groups in total. The minimum Gasteiger partial charge on any atom is -0.478 e. The topological polar surface area (TPSA) is 111 Å². The third-order valence-electron chi connectivity index (χ3n) is 5.52. The Morgan fingerprint density at radius 3 is 2.31 bits per heavy atom. The summed E-state index contributed by atoms with van der Waals surface area (Å²) in [6.45, 7) is 9.20. The number of rotatable bonds is 4. The van der Waals surface area contributed by atoms with E-state index in [0.717, 1.165) is 31.8 Å². The van der Waals surface area contributed by atoms with Crippen LogP contribution in [0.15, 0.2) is 53.3 Å². The van der Waals surface area contributed by atoms with Gasteiger partial charge in [-0.1, -0.05) is 12.1 Å². The van der Waals surface area contributed by atoms with Gasteiger partial charge in [-0.15, -0.1) is 0 Å². The lowest BCUT2D eigenvalue weighted by Crippen LogP contribution is -2.24. The maximum atomic E-state index is 12.2. The third-order valence-corrected chi connectivity index (χ3v) is 6.15. The molecule has 4 rings (SSSR count). The highest BCUT2D eigenvalue weighted by atomic mass is 79.9. The van der Waals surface area contributed by atoms with E-state index in [1.165, 1.54) is 7.11 Å². The van der Waals surface area contributed by atoms with E-state index in [4.69, 9.17) is 14.6 Å². The molecule has 0 amide bonds. The quantitative estimate of drug-likeness (QED) is 0.286. The molecular formula is C27H29BrN2O6. The number of aryl methyl sites for hydroxylation is 1. The van der Waals surface area contributed by atoms with Gasteiger partial charge in [-0.25, -0.2) is 14.4 Å². The Labute approximate surface area is 217 Å². The second kappa shape index (κ2) is 10.6. The summed E-state index contributed by atoms with van der Waals surface area (Å²) < 4.78 is 12.8. The number of methoxy groups -OCH3 is 1. The molecule has 1 unspecified atom stereocenters. The number of aromatic amines is 1. The molecule has 2 heterocycles. The van der Waals surface area contributed by atoms with Crippen molar-refractivity contribution >= 4 is 55.6 Å². The fourth-order valence-electron chi connectivity index (χ4n) is 3.68. The van der Waals surface area contributed by atoms with Gasteiger partial charge in [-0.3, -0.25) is 0 Å². The number of hydrogen-bond acceptors (Lipinski definition) is 5. The average molecular weight is 557 g/mol. The Hall–Kier alpha value is -3.59. The summed E-state index contributed by atoms with van der Waals surface area (Å²) in [6.07, 6.45) is 3.68. The number of esters is 2. The molecule has 0 spiro atoms. The van der Waals surface area contributed by atoms with Gasteiger partial charge in [0.25, 0.3) is 0 Å². The van der Waals surface area contributed by atoms with E-state index in [2.05, 4.69) is 20.9 Å². The smallest absolute Gasteiger partial charge is 0.338 e. The number of hydrogen-bond donors (Lipinski definition) is 2. The maximum absolute atomic E-state index is 12.2. The normalized spacial score (nSPS) is 12.1. The molecular weight excluding hydrogens is 528 g/mol. The number of aromatic carboxylic acids is 1. The number of carboxylic acids is 1. The zero-order valence-electron chi connectivity index (χ0n) is 21.0. The first-order valence-electron chi connectivity index (χ1n) is 11.2. The number of ether oxygens (including phenoxy) is 2. The van der Waals surface area contributed by atoms with Crippen molar-refractivity contribution in [3.63, 3.8) is 0 Å². The molecule has 0 radical (unpaired) electrons. The van der Waals surface area contributed by atoms with Crippen molar-refractivity contribution in [1.82, 2.24) is 9.55 Å². The van der Waals surface area contributed by atoms with E-state index in [1.54, 1.807) is 35.8 Å². The Balaban J connectivity index is 0.000000233. The number of halogens is 1. The van der Waals surface area contributed by atoms with E-state index in [-0.39, 0.29) is 5.97 Å². The highest BCUT2D eigenvalue weighted by Crippen LogP contribution is 2.30. The van der Waals surface area contributed by atoms with Crippen LogP contribution in [0.3, 0.4) is 0 Å². The van der Waals surface area contributed by atoms with Gasteiger partial charge in [0.05, 0.1) is 23.8 Å². The molecule has 9 heteroatoms. The Morgan fingerprint density at radius 2 is 1.69 bits per heavy atom. The molecule has 0 aliphatic carbocycles. The molecule has 0 saturated carbocycles. The molecule has 2 aromatic heterocycles. The minimum atomic E-state index is -0.894. The number of carbonyl (C=O) groups is 3. The van der Waals surface area contributed by atoms with Gasteiger partial charge in [-0.05, 0) is 80.4 Å². The largest absolute Gasteiger partial charge is 0.478 e. The zero-order valence-corrected chi connectivity index (χ0v) is 22.6. The summed E-state index contributed by atoms with van der Waals surface area (Å²) >= 11 is 3.48. The van der Waals surface area contributed by atoms with Gasteiger partial charge < -0.3 is 24.1 Å². The number of carbonyl (C=O) groups excluding carboxylic acids is 2. The third kappa shape index (κ3) is 5.96. The molecule has 0 bridgehead atoms. The van der Waals surface area contributed by atoms with Gasteiger partial charge in [0, 0.05) is 33.2 Å². The van der Waals surface area contributed by atoms with E-state index in [9.17, 15) is 14.4 Å².